The summed E-state index contributed by atoms with van der Waals surface area (Å²) in [6, 6.07) is 31.9. The van der Waals surface area contributed by atoms with Gasteiger partial charge in [-0.3, -0.25) is 0 Å². The second kappa shape index (κ2) is 8.28. The highest BCUT2D eigenvalue weighted by Crippen LogP contribution is 2.43. The van der Waals surface area contributed by atoms with Crippen molar-refractivity contribution in [1.29, 1.82) is 0 Å². The van der Waals surface area contributed by atoms with Crippen LogP contribution in [0.5, 0.6) is 0 Å². The van der Waals surface area contributed by atoms with Crippen LogP contribution in [0.3, 0.4) is 0 Å². The molecule has 0 radical (unpaired) electrons. The maximum atomic E-state index is 13.1. The molecule has 2 heterocycles. The number of nitrogens with zero attached hydrogens (tertiary/aromatic N) is 2. The molecule has 0 atom stereocenters. The first-order chi connectivity index (χ1) is 16.2. The molecular weight excluding hydrogens is 448 g/mol. The number of hydrogen-bond acceptors (Lipinski definition) is 4. The Morgan fingerprint density at radius 3 is 1.03 bits per heavy atom. The summed E-state index contributed by atoms with van der Waals surface area (Å²) in [4.78, 5) is 8.01. The van der Waals surface area contributed by atoms with Gasteiger partial charge >= 0.3 is 0 Å². The SMILES string of the molecule is O=S1c2ccccc2N(CCCN2c3ccccc3S(=O)c3ccccc32)c2ccccc21. The molecule has 33 heavy (non-hydrogen) atoms. The van der Waals surface area contributed by atoms with Crippen molar-refractivity contribution in [3.8, 4) is 0 Å². The number of fused-ring (bicyclic) bond motifs is 4. The van der Waals surface area contributed by atoms with E-state index in [-0.39, 0.29) is 0 Å². The van der Waals surface area contributed by atoms with Crippen LogP contribution in [0, 0.1) is 0 Å². The van der Waals surface area contributed by atoms with Gasteiger partial charge in [-0.1, -0.05) is 48.5 Å². The van der Waals surface area contributed by atoms with Crippen LogP contribution in [0.1, 0.15) is 6.42 Å². The number of para-hydroxylation sites is 4. The maximum Gasteiger partial charge on any atom is 0.0892 e. The van der Waals surface area contributed by atoms with Crippen molar-refractivity contribution in [2.24, 2.45) is 0 Å². The summed E-state index contributed by atoms with van der Waals surface area (Å²) >= 11 is 0. The summed E-state index contributed by atoms with van der Waals surface area (Å²) in [6.07, 6.45) is 0.880. The second-order valence-electron chi connectivity index (χ2n) is 8.07. The summed E-state index contributed by atoms with van der Waals surface area (Å²) < 4.78 is 26.3. The Morgan fingerprint density at radius 2 is 0.727 bits per heavy atom. The summed E-state index contributed by atoms with van der Waals surface area (Å²) in [5.41, 5.74) is 4.04. The minimum absolute atomic E-state index is 0.787. The van der Waals surface area contributed by atoms with E-state index in [1.54, 1.807) is 0 Å². The molecule has 0 spiro atoms. The number of benzene rings is 4. The van der Waals surface area contributed by atoms with Gasteiger partial charge in [0.25, 0.3) is 0 Å². The van der Waals surface area contributed by atoms with E-state index in [0.717, 1.165) is 61.8 Å². The Morgan fingerprint density at radius 1 is 0.455 bits per heavy atom. The Kier molecular flexibility index (Phi) is 5.12. The highest BCUT2D eigenvalue weighted by Gasteiger charge is 2.29. The molecule has 0 saturated heterocycles. The molecule has 0 amide bonds. The van der Waals surface area contributed by atoms with Crippen molar-refractivity contribution < 1.29 is 8.42 Å². The molecule has 4 aromatic rings. The standard InChI is InChI=1S/C27H22N2O2S2/c30-32-24-14-5-1-10-20(24)28(21-11-2-6-15-25(21)32)18-9-19-29-22-12-3-7-16-26(22)33(31)27-17-8-4-13-23(27)29/h1-8,10-17H,9,18-19H2. The average Bonchev–Trinajstić information content (AvgIpc) is 2.88. The van der Waals surface area contributed by atoms with E-state index in [2.05, 4.69) is 34.1 Å². The lowest BCUT2D eigenvalue weighted by atomic mass is 10.2. The number of hydrogen-bond donors (Lipinski definition) is 0. The van der Waals surface area contributed by atoms with E-state index < -0.39 is 21.6 Å². The van der Waals surface area contributed by atoms with Crippen molar-refractivity contribution in [3.05, 3.63) is 97.1 Å². The molecule has 0 aromatic heterocycles. The largest absolute Gasteiger partial charge is 0.339 e. The summed E-state index contributed by atoms with van der Waals surface area (Å²) in [5.74, 6) is 0. The van der Waals surface area contributed by atoms with Crippen molar-refractivity contribution >= 4 is 44.3 Å². The third-order valence-corrected chi connectivity index (χ3v) is 9.17. The highest BCUT2D eigenvalue weighted by atomic mass is 32.2. The second-order valence-corrected chi connectivity index (χ2v) is 10.9. The van der Waals surface area contributed by atoms with E-state index in [0.29, 0.717) is 0 Å². The lowest BCUT2D eigenvalue weighted by molar-refractivity contribution is 0.679. The van der Waals surface area contributed by atoms with Crippen molar-refractivity contribution in [2.45, 2.75) is 26.0 Å². The van der Waals surface area contributed by atoms with Gasteiger partial charge in [0.1, 0.15) is 0 Å². The monoisotopic (exact) mass is 470 g/mol. The smallest absolute Gasteiger partial charge is 0.0892 e. The molecule has 0 saturated carbocycles. The van der Waals surface area contributed by atoms with Crippen LogP contribution < -0.4 is 9.80 Å². The molecule has 0 N–H and O–H groups in total. The summed E-state index contributed by atoms with van der Waals surface area (Å²) in [6.45, 7) is 1.57. The Hall–Kier alpha value is -3.22. The Labute approximate surface area is 198 Å². The van der Waals surface area contributed by atoms with Gasteiger partial charge in [0.2, 0.25) is 0 Å². The average molecular weight is 471 g/mol. The molecule has 4 nitrogen and oxygen atoms in total. The molecule has 164 valence electrons. The minimum atomic E-state index is -1.17. The van der Waals surface area contributed by atoms with Crippen LogP contribution in [0.25, 0.3) is 0 Å². The van der Waals surface area contributed by atoms with Crippen LogP contribution >= 0.6 is 0 Å². The number of anilines is 4. The molecule has 6 rings (SSSR count). The van der Waals surface area contributed by atoms with Crippen LogP contribution in [0.15, 0.2) is 117 Å². The zero-order valence-corrected chi connectivity index (χ0v) is 19.5. The van der Waals surface area contributed by atoms with E-state index in [4.69, 9.17) is 0 Å². The van der Waals surface area contributed by atoms with Gasteiger partial charge < -0.3 is 9.80 Å². The molecule has 2 aliphatic rings. The van der Waals surface area contributed by atoms with Crippen molar-refractivity contribution in [2.75, 3.05) is 22.9 Å². The zero-order chi connectivity index (χ0) is 22.4. The quantitative estimate of drug-likeness (QED) is 0.366. The first-order valence-corrected chi connectivity index (χ1v) is 13.3. The lowest BCUT2D eigenvalue weighted by Crippen LogP contribution is -2.30. The summed E-state index contributed by atoms with van der Waals surface area (Å²) in [7, 11) is -2.34. The molecule has 4 aromatic carbocycles. The maximum absolute atomic E-state index is 13.1. The zero-order valence-electron chi connectivity index (χ0n) is 17.9. The fourth-order valence-corrected chi connectivity index (χ4v) is 7.47. The van der Waals surface area contributed by atoms with Gasteiger partial charge in [-0.15, -0.1) is 0 Å². The van der Waals surface area contributed by atoms with E-state index >= 15 is 0 Å². The first-order valence-electron chi connectivity index (χ1n) is 11.0. The molecular formula is C27H22N2O2S2. The number of rotatable bonds is 4. The predicted molar refractivity (Wildman–Crippen MR) is 134 cm³/mol. The molecule has 0 aliphatic carbocycles. The molecule has 6 heteroatoms. The summed E-state index contributed by atoms with van der Waals surface area (Å²) in [5, 5.41) is 0. The van der Waals surface area contributed by atoms with Crippen LogP contribution in [-0.4, -0.2) is 21.5 Å². The van der Waals surface area contributed by atoms with Gasteiger partial charge in [-0.2, -0.15) is 0 Å². The first kappa shape index (κ1) is 20.4. The Bertz CT molecular complexity index is 1210. The van der Waals surface area contributed by atoms with Gasteiger partial charge in [-0.25, -0.2) is 8.42 Å². The van der Waals surface area contributed by atoms with Gasteiger partial charge in [0, 0.05) is 13.1 Å². The highest BCUT2D eigenvalue weighted by molar-refractivity contribution is 7.85. The van der Waals surface area contributed by atoms with E-state index in [1.165, 1.54) is 0 Å². The van der Waals surface area contributed by atoms with Crippen molar-refractivity contribution in [1.82, 2.24) is 0 Å². The lowest BCUT2D eigenvalue weighted by Gasteiger charge is -2.35. The minimum Gasteiger partial charge on any atom is -0.339 e. The van der Waals surface area contributed by atoms with Crippen LogP contribution in [0.4, 0.5) is 22.7 Å². The van der Waals surface area contributed by atoms with Gasteiger partial charge in [0.15, 0.2) is 0 Å². The molecule has 2 aliphatic heterocycles. The van der Waals surface area contributed by atoms with Crippen LogP contribution in [0.2, 0.25) is 0 Å². The Balaban J connectivity index is 1.32. The molecule has 0 bridgehead atoms. The third kappa shape index (κ3) is 3.33. The fourth-order valence-electron chi connectivity index (χ4n) is 4.71. The van der Waals surface area contributed by atoms with E-state index in [1.807, 2.05) is 72.8 Å². The molecule has 0 fully saturated rings. The topological polar surface area (TPSA) is 40.6 Å². The van der Waals surface area contributed by atoms with Crippen LogP contribution in [-0.2, 0) is 21.6 Å². The van der Waals surface area contributed by atoms with Gasteiger partial charge in [0.05, 0.1) is 63.9 Å². The van der Waals surface area contributed by atoms with E-state index in [9.17, 15) is 8.42 Å². The third-order valence-electron chi connectivity index (χ3n) is 6.19. The van der Waals surface area contributed by atoms with Crippen molar-refractivity contribution in [3.63, 3.8) is 0 Å². The normalized spacial score (nSPS) is 14.9. The molecule has 0 unspecified atom stereocenters. The van der Waals surface area contributed by atoms with Gasteiger partial charge in [-0.05, 0) is 55.0 Å². The fraction of sp³-hybridized carbons (Fsp3) is 0.111. The predicted octanol–water partition coefficient (Wildman–Crippen LogP) is 6.01.